The Morgan fingerprint density at radius 1 is 1.15 bits per heavy atom. The van der Waals surface area contributed by atoms with Crippen molar-refractivity contribution in [3.63, 3.8) is 0 Å². The molecule has 0 unspecified atom stereocenters. The minimum atomic E-state index is -0.367. The zero-order valence-electron chi connectivity index (χ0n) is 14.2. The van der Waals surface area contributed by atoms with E-state index in [-0.39, 0.29) is 5.82 Å². The van der Waals surface area contributed by atoms with Gasteiger partial charge in [-0.05, 0) is 35.7 Å². The number of benzene rings is 2. The molecule has 0 atom stereocenters. The SMILES string of the molecule is CC.Fc1cc(NCc2ccccc2Cl)c(Cl)cc1SNc1cscn1. The molecule has 3 nitrogen and oxygen atoms in total. The molecular weight excluding hydrogens is 412 g/mol. The number of hydrogen-bond acceptors (Lipinski definition) is 5. The maximum Gasteiger partial charge on any atom is 0.147 e. The largest absolute Gasteiger partial charge is 0.380 e. The summed E-state index contributed by atoms with van der Waals surface area (Å²) < 4.78 is 17.2. The monoisotopic (exact) mass is 429 g/mol. The molecule has 8 heteroatoms. The molecule has 0 amide bonds. The van der Waals surface area contributed by atoms with E-state index in [1.54, 1.807) is 11.6 Å². The Morgan fingerprint density at radius 3 is 2.62 bits per heavy atom. The van der Waals surface area contributed by atoms with Gasteiger partial charge in [-0.15, -0.1) is 11.3 Å². The van der Waals surface area contributed by atoms with Crippen LogP contribution in [0.3, 0.4) is 0 Å². The molecule has 3 rings (SSSR count). The number of nitrogens with one attached hydrogen (secondary N) is 2. The molecule has 1 heterocycles. The fraction of sp³-hybridized carbons (Fsp3) is 0.167. The lowest BCUT2D eigenvalue weighted by Gasteiger charge is -2.12. The first kappa shape index (κ1) is 20.8. The van der Waals surface area contributed by atoms with Crippen LogP contribution >= 0.6 is 46.5 Å². The first-order chi connectivity index (χ1) is 12.6. The number of halogens is 3. The van der Waals surface area contributed by atoms with E-state index < -0.39 is 0 Å². The summed E-state index contributed by atoms with van der Waals surface area (Å²) in [6.07, 6.45) is 0. The maximum absolute atomic E-state index is 14.3. The molecule has 138 valence electrons. The highest BCUT2D eigenvalue weighted by atomic mass is 35.5. The van der Waals surface area contributed by atoms with Gasteiger partial charge in [-0.3, -0.25) is 0 Å². The van der Waals surface area contributed by atoms with Crippen molar-refractivity contribution in [2.24, 2.45) is 0 Å². The van der Waals surface area contributed by atoms with Crippen LogP contribution in [0.15, 0.2) is 52.2 Å². The molecule has 0 aliphatic rings. The van der Waals surface area contributed by atoms with Gasteiger partial charge in [0.1, 0.15) is 11.6 Å². The number of aromatic nitrogens is 1. The van der Waals surface area contributed by atoms with Gasteiger partial charge in [0.15, 0.2) is 0 Å². The average molecular weight is 430 g/mol. The van der Waals surface area contributed by atoms with E-state index >= 15 is 0 Å². The highest BCUT2D eigenvalue weighted by molar-refractivity contribution is 8.00. The molecule has 2 N–H and O–H groups in total. The number of thiazole rings is 1. The lowest BCUT2D eigenvalue weighted by atomic mass is 10.2. The fourth-order valence-corrected chi connectivity index (χ4v) is 3.66. The Balaban J connectivity index is 0.00000117. The van der Waals surface area contributed by atoms with Crippen molar-refractivity contribution in [1.82, 2.24) is 4.98 Å². The van der Waals surface area contributed by atoms with E-state index in [1.165, 1.54) is 17.4 Å². The van der Waals surface area contributed by atoms with Crippen molar-refractivity contribution in [2.75, 3.05) is 10.0 Å². The third kappa shape index (κ3) is 5.77. The molecule has 0 aliphatic heterocycles. The molecule has 2 aromatic carbocycles. The quantitative estimate of drug-likeness (QED) is 0.401. The van der Waals surface area contributed by atoms with Crippen LogP contribution in [0.4, 0.5) is 15.9 Å². The summed E-state index contributed by atoms with van der Waals surface area (Å²) in [5.74, 6) is 0.315. The van der Waals surface area contributed by atoms with Crippen molar-refractivity contribution in [3.05, 3.63) is 68.7 Å². The molecule has 0 saturated carbocycles. The van der Waals surface area contributed by atoms with Crippen molar-refractivity contribution in [2.45, 2.75) is 25.3 Å². The van der Waals surface area contributed by atoms with Gasteiger partial charge in [-0.25, -0.2) is 9.37 Å². The van der Waals surface area contributed by atoms with E-state index in [0.717, 1.165) is 17.5 Å². The summed E-state index contributed by atoms with van der Waals surface area (Å²) in [7, 11) is 0. The van der Waals surface area contributed by atoms with Crippen LogP contribution in [0.1, 0.15) is 19.4 Å². The van der Waals surface area contributed by atoms with Crippen molar-refractivity contribution in [1.29, 1.82) is 0 Å². The van der Waals surface area contributed by atoms with Gasteiger partial charge in [-0.2, -0.15) is 0 Å². The van der Waals surface area contributed by atoms with Crippen molar-refractivity contribution >= 4 is 58.0 Å². The van der Waals surface area contributed by atoms with Gasteiger partial charge in [0.05, 0.1) is 21.1 Å². The minimum Gasteiger partial charge on any atom is -0.380 e. The normalized spacial score (nSPS) is 10.0. The van der Waals surface area contributed by atoms with E-state index in [9.17, 15) is 4.39 Å². The molecule has 26 heavy (non-hydrogen) atoms. The average Bonchev–Trinajstić information content (AvgIpc) is 3.17. The van der Waals surface area contributed by atoms with Gasteiger partial charge < -0.3 is 10.0 Å². The maximum atomic E-state index is 14.3. The van der Waals surface area contributed by atoms with Crippen LogP contribution in [-0.2, 0) is 6.54 Å². The third-order valence-electron chi connectivity index (χ3n) is 3.15. The number of rotatable bonds is 6. The van der Waals surface area contributed by atoms with Crippen LogP contribution in [0.25, 0.3) is 0 Å². The molecule has 0 aliphatic carbocycles. The van der Waals surface area contributed by atoms with Crippen molar-refractivity contribution < 1.29 is 4.39 Å². The zero-order chi connectivity index (χ0) is 18.9. The lowest BCUT2D eigenvalue weighted by molar-refractivity contribution is 0.602. The summed E-state index contributed by atoms with van der Waals surface area (Å²) in [5.41, 5.74) is 3.14. The first-order valence-corrected chi connectivity index (χ1v) is 10.4. The van der Waals surface area contributed by atoms with Crippen LogP contribution in [0.2, 0.25) is 10.0 Å². The summed E-state index contributed by atoms with van der Waals surface area (Å²) in [5, 5.41) is 6.04. The number of nitrogens with zero attached hydrogens (tertiary/aromatic N) is 1. The number of hydrogen-bond donors (Lipinski definition) is 2. The van der Waals surface area contributed by atoms with Gasteiger partial charge >= 0.3 is 0 Å². The summed E-state index contributed by atoms with van der Waals surface area (Å²) in [4.78, 5) is 4.48. The molecule has 1 aromatic heterocycles. The standard InChI is InChI=1S/C16H12Cl2FN3S2.C2H6/c17-11-4-2-1-3-10(11)7-20-14-6-13(19)15(5-12(14)18)24-22-16-8-23-9-21-16;1-2/h1-6,8-9,20,22H,7H2;1-2H3. The molecular formula is C18H18Cl2FN3S2. The predicted molar refractivity (Wildman–Crippen MR) is 113 cm³/mol. The second kappa shape index (κ2) is 10.6. The lowest BCUT2D eigenvalue weighted by Crippen LogP contribution is -2.02. The molecule has 0 bridgehead atoms. The van der Waals surface area contributed by atoms with E-state index in [4.69, 9.17) is 23.2 Å². The number of anilines is 2. The molecule has 0 spiro atoms. The van der Waals surface area contributed by atoms with Gasteiger partial charge in [0.25, 0.3) is 0 Å². The molecule has 0 fully saturated rings. The van der Waals surface area contributed by atoms with E-state index in [2.05, 4.69) is 15.0 Å². The predicted octanol–water partition coefficient (Wildman–Crippen LogP) is 7.35. The van der Waals surface area contributed by atoms with Crippen LogP contribution in [-0.4, -0.2) is 4.98 Å². The Morgan fingerprint density at radius 2 is 1.92 bits per heavy atom. The second-order valence-corrected chi connectivity index (χ2v) is 7.17. The highest BCUT2D eigenvalue weighted by Crippen LogP contribution is 2.32. The highest BCUT2D eigenvalue weighted by Gasteiger charge is 2.10. The molecule has 0 saturated heterocycles. The topological polar surface area (TPSA) is 37.0 Å². The third-order valence-corrected chi connectivity index (χ3v) is 5.26. The van der Waals surface area contributed by atoms with Gasteiger partial charge in [0.2, 0.25) is 0 Å². The summed E-state index contributed by atoms with van der Waals surface area (Å²) in [6, 6.07) is 10.4. The molecule has 3 aromatic rings. The van der Waals surface area contributed by atoms with Crippen molar-refractivity contribution in [3.8, 4) is 0 Å². The second-order valence-electron chi connectivity index (χ2n) is 4.79. The van der Waals surface area contributed by atoms with E-state index in [0.29, 0.717) is 33.0 Å². The van der Waals surface area contributed by atoms with Crippen LogP contribution < -0.4 is 10.0 Å². The Hall–Kier alpha value is -1.47. The fourth-order valence-electron chi connectivity index (χ4n) is 1.94. The smallest absolute Gasteiger partial charge is 0.147 e. The zero-order valence-corrected chi connectivity index (χ0v) is 17.4. The van der Waals surface area contributed by atoms with Gasteiger partial charge in [-0.1, -0.05) is 55.2 Å². The van der Waals surface area contributed by atoms with Crippen LogP contribution in [0, 0.1) is 5.82 Å². The Bertz CT molecular complexity index is 829. The summed E-state index contributed by atoms with van der Waals surface area (Å²) >= 11 is 15.0. The van der Waals surface area contributed by atoms with E-state index in [1.807, 2.05) is 43.5 Å². The first-order valence-electron chi connectivity index (χ1n) is 7.91. The Labute approximate surface area is 171 Å². The van der Waals surface area contributed by atoms with Crippen LogP contribution in [0.5, 0.6) is 0 Å². The Kier molecular flexibility index (Phi) is 8.51. The van der Waals surface area contributed by atoms with Gasteiger partial charge in [0, 0.05) is 16.9 Å². The minimum absolute atomic E-state index is 0.367. The summed E-state index contributed by atoms with van der Waals surface area (Å²) in [6.45, 7) is 4.46. The molecule has 0 radical (unpaired) electrons.